The van der Waals surface area contributed by atoms with Crippen molar-refractivity contribution in [2.24, 2.45) is 5.92 Å². The van der Waals surface area contributed by atoms with E-state index in [-0.39, 0.29) is 0 Å². The van der Waals surface area contributed by atoms with Crippen molar-refractivity contribution in [1.29, 1.82) is 0 Å². The largest absolute Gasteiger partial charge is 0.478 e. The second-order valence-corrected chi connectivity index (χ2v) is 5.25. The van der Waals surface area contributed by atoms with E-state index in [2.05, 4.69) is 11.9 Å². The summed E-state index contributed by atoms with van der Waals surface area (Å²) in [5.74, 6) is -0.0583. The van der Waals surface area contributed by atoms with E-state index in [9.17, 15) is 4.79 Å². The van der Waals surface area contributed by atoms with Gasteiger partial charge in [-0.05, 0) is 63.4 Å². The van der Waals surface area contributed by atoms with Crippen molar-refractivity contribution in [3.8, 4) is 0 Å². The summed E-state index contributed by atoms with van der Waals surface area (Å²) >= 11 is 0. The number of rotatable bonds is 4. The summed E-state index contributed by atoms with van der Waals surface area (Å²) in [5, 5.41) is 9.13. The number of piperidine rings is 1. The Morgan fingerprint density at radius 3 is 2.67 bits per heavy atom. The van der Waals surface area contributed by atoms with E-state index in [0.717, 1.165) is 24.3 Å². The highest BCUT2D eigenvalue weighted by atomic mass is 16.4. The van der Waals surface area contributed by atoms with E-state index in [0.29, 0.717) is 5.56 Å². The van der Waals surface area contributed by atoms with E-state index in [1.54, 1.807) is 12.1 Å². The van der Waals surface area contributed by atoms with Gasteiger partial charge in [-0.1, -0.05) is 18.2 Å². The molecule has 18 heavy (non-hydrogen) atoms. The number of nitrogens with zero attached hydrogens (tertiary/aromatic N) is 1. The van der Waals surface area contributed by atoms with Gasteiger partial charge >= 0.3 is 5.97 Å². The molecule has 0 spiro atoms. The van der Waals surface area contributed by atoms with Gasteiger partial charge in [0.1, 0.15) is 0 Å². The van der Waals surface area contributed by atoms with E-state index >= 15 is 0 Å². The van der Waals surface area contributed by atoms with Crippen LogP contribution in [0.2, 0.25) is 0 Å². The van der Waals surface area contributed by atoms with Gasteiger partial charge < -0.3 is 10.0 Å². The molecule has 0 saturated carbocycles. The van der Waals surface area contributed by atoms with Crippen LogP contribution in [0.3, 0.4) is 0 Å². The Bertz CT molecular complexity index is 409. The molecule has 0 atom stereocenters. The van der Waals surface area contributed by atoms with Gasteiger partial charge in [-0.25, -0.2) is 4.79 Å². The predicted octanol–water partition coefficient (Wildman–Crippen LogP) is 2.66. The molecule has 0 aliphatic carbocycles. The molecule has 0 unspecified atom stereocenters. The summed E-state index contributed by atoms with van der Waals surface area (Å²) in [4.78, 5) is 13.5. The number of carboxylic acids is 1. The Kier molecular flexibility index (Phi) is 4.37. The standard InChI is InChI=1S/C15H21NO2/c1-16-10-8-12(9-11-16)6-7-13-4-2-3-5-14(13)15(17)18/h2-5,12H,6-11H2,1H3,(H,17,18). The first-order valence-corrected chi connectivity index (χ1v) is 6.66. The molecule has 1 N–H and O–H groups in total. The van der Waals surface area contributed by atoms with Crippen LogP contribution in [-0.2, 0) is 6.42 Å². The Labute approximate surface area is 108 Å². The lowest BCUT2D eigenvalue weighted by Gasteiger charge is -2.29. The van der Waals surface area contributed by atoms with Gasteiger partial charge in [-0.3, -0.25) is 0 Å². The monoisotopic (exact) mass is 247 g/mol. The highest BCUT2D eigenvalue weighted by Gasteiger charge is 2.17. The van der Waals surface area contributed by atoms with E-state index in [1.165, 1.54) is 25.9 Å². The highest BCUT2D eigenvalue weighted by Crippen LogP contribution is 2.22. The van der Waals surface area contributed by atoms with Crippen LogP contribution in [0.25, 0.3) is 0 Å². The third-order valence-electron chi connectivity index (χ3n) is 3.91. The molecule has 1 fully saturated rings. The van der Waals surface area contributed by atoms with Crippen molar-refractivity contribution >= 4 is 5.97 Å². The van der Waals surface area contributed by atoms with Crippen LogP contribution in [0.5, 0.6) is 0 Å². The fraction of sp³-hybridized carbons (Fsp3) is 0.533. The molecule has 0 radical (unpaired) electrons. The zero-order valence-electron chi connectivity index (χ0n) is 10.9. The van der Waals surface area contributed by atoms with Gasteiger partial charge in [-0.15, -0.1) is 0 Å². The maximum Gasteiger partial charge on any atom is 0.335 e. The number of aryl methyl sites for hydroxylation is 1. The van der Waals surface area contributed by atoms with Crippen LogP contribution >= 0.6 is 0 Å². The quantitative estimate of drug-likeness (QED) is 0.889. The van der Waals surface area contributed by atoms with E-state index < -0.39 is 5.97 Å². The normalized spacial score (nSPS) is 17.8. The summed E-state index contributed by atoms with van der Waals surface area (Å²) in [6.45, 7) is 2.34. The topological polar surface area (TPSA) is 40.5 Å². The van der Waals surface area contributed by atoms with Crippen LogP contribution in [0.4, 0.5) is 0 Å². The molecular weight excluding hydrogens is 226 g/mol. The molecule has 98 valence electrons. The first-order chi connectivity index (χ1) is 8.66. The lowest BCUT2D eigenvalue weighted by molar-refractivity contribution is 0.0695. The van der Waals surface area contributed by atoms with Crippen molar-refractivity contribution in [1.82, 2.24) is 4.90 Å². The molecule has 1 aliphatic heterocycles. The lowest BCUT2D eigenvalue weighted by atomic mass is 9.90. The van der Waals surface area contributed by atoms with Crippen LogP contribution in [0.1, 0.15) is 35.2 Å². The van der Waals surface area contributed by atoms with Crippen molar-refractivity contribution in [2.75, 3.05) is 20.1 Å². The summed E-state index contributed by atoms with van der Waals surface area (Å²) in [7, 11) is 2.16. The van der Waals surface area contributed by atoms with Crippen LogP contribution in [0, 0.1) is 5.92 Å². The smallest absolute Gasteiger partial charge is 0.335 e. The van der Waals surface area contributed by atoms with Crippen LogP contribution in [0.15, 0.2) is 24.3 Å². The summed E-state index contributed by atoms with van der Waals surface area (Å²) in [6.07, 6.45) is 4.48. The van der Waals surface area contributed by atoms with Gasteiger partial charge in [0.05, 0.1) is 5.56 Å². The Balaban J connectivity index is 1.92. The number of carboxylic acid groups (broad SMARTS) is 1. The third-order valence-corrected chi connectivity index (χ3v) is 3.91. The minimum atomic E-state index is -0.811. The Morgan fingerprint density at radius 2 is 2.00 bits per heavy atom. The first kappa shape index (κ1) is 13.1. The number of carbonyl (C=O) groups is 1. The van der Waals surface area contributed by atoms with Crippen LogP contribution in [-0.4, -0.2) is 36.1 Å². The SMILES string of the molecule is CN1CCC(CCc2ccccc2C(=O)O)CC1. The number of hydrogen-bond acceptors (Lipinski definition) is 2. The average molecular weight is 247 g/mol. The van der Waals surface area contributed by atoms with Crippen molar-refractivity contribution in [3.63, 3.8) is 0 Å². The maximum atomic E-state index is 11.1. The first-order valence-electron chi connectivity index (χ1n) is 6.66. The van der Waals surface area contributed by atoms with Gasteiger partial charge in [-0.2, -0.15) is 0 Å². The third kappa shape index (κ3) is 3.33. The lowest BCUT2D eigenvalue weighted by Crippen LogP contribution is -2.30. The Morgan fingerprint density at radius 1 is 1.33 bits per heavy atom. The molecule has 0 aromatic heterocycles. The summed E-state index contributed by atoms with van der Waals surface area (Å²) in [6, 6.07) is 7.36. The molecule has 2 rings (SSSR count). The predicted molar refractivity (Wildman–Crippen MR) is 71.9 cm³/mol. The molecule has 0 bridgehead atoms. The zero-order valence-corrected chi connectivity index (χ0v) is 10.9. The molecule has 0 amide bonds. The van der Waals surface area contributed by atoms with Gasteiger partial charge in [0.15, 0.2) is 0 Å². The van der Waals surface area contributed by atoms with Gasteiger partial charge in [0, 0.05) is 0 Å². The minimum absolute atomic E-state index is 0.463. The maximum absolute atomic E-state index is 11.1. The minimum Gasteiger partial charge on any atom is -0.478 e. The van der Waals surface area contributed by atoms with Gasteiger partial charge in [0.25, 0.3) is 0 Å². The molecular formula is C15H21NO2. The van der Waals surface area contributed by atoms with Crippen molar-refractivity contribution in [2.45, 2.75) is 25.7 Å². The van der Waals surface area contributed by atoms with Gasteiger partial charge in [0.2, 0.25) is 0 Å². The highest BCUT2D eigenvalue weighted by molar-refractivity contribution is 5.89. The molecule has 3 nitrogen and oxygen atoms in total. The number of aromatic carboxylic acids is 1. The van der Waals surface area contributed by atoms with Crippen LogP contribution < -0.4 is 0 Å². The van der Waals surface area contributed by atoms with E-state index in [4.69, 9.17) is 5.11 Å². The fourth-order valence-corrected chi connectivity index (χ4v) is 2.66. The second-order valence-electron chi connectivity index (χ2n) is 5.25. The molecule has 1 heterocycles. The molecule has 1 saturated heterocycles. The molecule has 1 aromatic rings. The number of hydrogen-bond donors (Lipinski definition) is 1. The van der Waals surface area contributed by atoms with E-state index in [1.807, 2.05) is 12.1 Å². The Hall–Kier alpha value is -1.35. The van der Waals surface area contributed by atoms with Crippen molar-refractivity contribution in [3.05, 3.63) is 35.4 Å². The number of likely N-dealkylation sites (tertiary alicyclic amines) is 1. The molecule has 1 aromatic carbocycles. The average Bonchev–Trinajstić information content (AvgIpc) is 2.38. The summed E-state index contributed by atoms with van der Waals surface area (Å²) < 4.78 is 0. The summed E-state index contributed by atoms with van der Waals surface area (Å²) in [5.41, 5.74) is 1.44. The molecule has 3 heteroatoms. The number of benzene rings is 1. The second kappa shape index (κ2) is 6.01. The van der Waals surface area contributed by atoms with Crippen molar-refractivity contribution < 1.29 is 9.90 Å². The molecule has 1 aliphatic rings. The fourth-order valence-electron chi connectivity index (χ4n) is 2.66. The zero-order chi connectivity index (χ0) is 13.0.